The van der Waals surface area contributed by atoms with Crippen molar-refractivity contribution in [3.63, 3.8) is 0 Å². The molecule has 1 aromatic rings. The minimum absolute atomic E-state index is 0.0194. The van der Waals surface area contributed by atoms with Gasteiger partial charge in [0.2, 0.25) is 0 Å². The van der Waals surface area contributed by atoms with Crippen molar-refractivity contribution in [2.75, 3.05) is 11.3 Å². The van der Waals surface area contributed by atoms with Crippen LogP contribution in [0.1, 0.15) is 23.1 Å². The van der Waals surface area contributed by atoms with E-state index in [1.165, 1.54) is 6.07 Å². The van der Waals surface area contributed by atoms with Gasteiger partial charge in [-0.1, -0.05) is 6.92 Å². The number of rotatable bonds is 5. The Hall–Kier alpha value is -1.54. The number of hydrogen-bond donors (Lipinski definition) is 4. The molecule has 0 unspecified atom stereocenters. The van der Waals surface area contributed by atoms with Crippen LogP contribution in [0.4, 0.5) is 5.69 Å². The van der Waals surface area contributed by atoms with Gasteiger partial charge in [-0.3, -0.25) is 4.72 Å². The molecule has 0 bridgehead atoms. The number of carboxylic acid groups (broad SMARTS) is 1. The molecule has 0 aromatic carbocycles. The normalized spacial score (nSPS) is 11.4. The van der Waals surface area contributed by atoms with Crippen LogP contribution in [-0.2, 0) is 10.2 Å². The van der Waals surface area contributed by atoms with Gasteiger partial charge >= 0.3 is 5.97 Å². The fraction of sp³-hybridized carbons (Fsp3) is 0.375. The summed E-state index contributed by atoms with van der Waals surface area (Å²) in [5.41, 5.74) is 0.400. The Balaban J connectivity index is 3.01. The van der Waals surface area contributed by atoms with Gasteiger partial charge in [-0.05, 0) is 13.0 Å². The third kappa shape index (κ3) is 2.97. The zero-order chi connectivity index (χ0) is 12.3. The van der Waals surface area contributed by atoms with Crippen molar-refractivity contribution in [1.29, 1.82) is 0 Å². The third-order valence-corrected chi connectivity index (χ3v) is 2.90. The van der Waals surface area contributed by atoms with Crippen LogP contribution < -0.4 is 9.44 Å². The van der Waals surface area contributed by atoms with Gasteiger partial charge in [-0.15, -0.1) is 0 Å². The molecule has 4 N–H and O–H groups in total. The minimum atomic E-state index is -3.71. The van der Waals surface area contributed by atoms with Crippen molar-refractivity contribution in [3.8, 4) is 0 Å². The molecule has 1 rings (SSSR count). The zero-order valence-corrected chi connectivity index (χ0v) is 9.68. The van der Waals surface area contributed by atoms with Crippen molar-refractivity contribution >= 4 is 21.9 Å². The second-order valence-corrected chi connectivity index (χ2v) is 4.65. The molecule has 1 heterocycles. The molecule has 0 aliphatic rings. The van der Waals surface area contributed by atoms with Gasteiger partial charge in [-0.25, -0.2) is 4.79 Å². The average Bonchev–Trinajstić information content (AvgIpc) is 2.45. The maximum Gasteiger partial charge on any atom is 0.354 e. The Labute approximate surface area is 93.1 Å². The number of nitrogens with one attached hydrogen (secondary N) is 3. The first-order valence-corrected chi connectivity index (χ1v) is 6.04. The Bertz CT molecular complexity index is 491. The molecular formula is C8H13N3O4S. The molecule has 16 heavy (non-hydrogen) atoms. The molecule has 8 heteroatoms. The molecule has 0 spiro atoms. The van der Waals surface area contributed by atoms with Crippen molar-refractivity contribution in [1.82, 2.24) is 9.71 Å². The first-order chi connectivity index (χ1) is 7.35. The van der Waals surface area contributed by atoms with E-state index in [1.807, 2.05) is 0 Å². The molecule has 0 fully saturated rings. The Morgan fingerprint density at radius 3 is 2.69 bits per heavy atom. The van der Waals surface area contributed by atoms with Crippen molar-refractivity contribution < 1.29 is 18.3 Å². The standard InChI is InChI=1S/C8H13N3O4S/c1-3-9-16(14,15)11-6-4-5(2)10-7(6)8(12)13/h4,9-11H,3H2,1-2H3,(H,12,13). The van der Waals surface area contributed by atoms with E-state index in [-0.39, 0.29) is 17.9 Å². The molecule has 0 atom stereocenters. The summed E-state index contributed by atoms with van der Waals surface area (Å²) in [6, 6.07) is 1.42. The smallest absolute Gasteiger partial charge is 0.354 e. The monoisotopic (exact) mass is 247 g/mol. The van der Waals surface area contributed by atoms with E-state index in [4.69, 9.17) is 5.11 Å². The molecule has 0 aliphatic carbocycles. The van der Waals surface area contributed by atoms with Crippen molar-refractivity contribution in [2.45, 2.75) is 13.8 Å². The van der Waals surface area contributed by atoms with Gasteiger partial charge < -0.3 is 10.1 Å². The zero-order valence-electron chi connectivity index (χ0n) is 8.86. The SMILES string of the molecule is CCNS(=O)(=O)Nc1cc(C)[nH]c1C(=O)O. The lowest BCUT2D eigenvalue weighted by molar-refractivity contribution is 0.0692. The first-order valence-electron chi connectivity index (χ1n) is 4.56. The number of carbonyl (C=O) groups is 1. The summed E-state index contributed by atoms with van der Waals surface area (Å²) in [5, 5.41) is 8.82. The number of hydrogen-bond acceptors (Lipinski definition) is 3. The molecule has 1 aromatic heterocycles. The maximum absolute atomic E-state index is 11.4. The fourth-order valence-electron chi connectivity index (χ4n) is 1.21. The molecular weight excluding hydrogens is 234 g/mol. The highest BCUT2D eigenvalue weighted by molar-refractivity contribution is 7.90. The Morgan fingerprint density at radius 1 is 1.56 bits per heavy atom. The molecule has 0 radical (unpaired) electrons. The lowest BCUT2D eigenvalue weighted by Gasteiger charge is -2.06. The number of aromatic carboxylic acids is 1. The molecule has 7 nitrogen and oxygen atoms in total. The van der Waals surface area contributed by atoms with Crippen LogP contribution in [0.25, 0.3) is 0 Å². The Morgan fingerprint density at radius 2 is 2.19 bits per heavy atom. The van der Waals surface area contributed by atoms with Gasteiger partial charge in [0.15, 0.2) is 0 Å². The van der Waals surface area contributed by atoms with E-state index >= 15 is 0 Å². The number of anilines is 1. The van der Waals surface area contributed by atoms with Crippen LogP contribution in [0, 0.1) is 6.92 Å². The predicted octanol–water partition coefficient (Wildman–Crippen LogP) is 0.288. The van der Waals surface area contributed by atoms with E-state index < -0.39 is 16.2 Å². The fourth-order valence-corrected chi connectivity index (χ4v) is 2.11. The van der Waals surface area contributed by atoms with Crippen LogP contribution in [0.2, 0.25) is 0 Å². The third-order valence-electron chi connectivity index (χ3n) is 1.74. The second-order valence-electron chi connectivity index (χ2n) is 3.15. The van der Waals surface area contributed by atoms with Gasteiger partial charge in [-0.2, -0.15) is 13.1 Å². The number of aryl methyl sites for hydroxylation is 1. The summed E-state index contributed by atoms with van der Waals surface area (Å²) < 4.78 is 27.0. The summed E-state index contributed by atoms with van der Waals surface area (Å²) >= 11 is 0. The summed E-state index contributed by atoms with van der Waals surface area (Å²) in [6.45, 7) is 3.48. The van der Waals surface area contributed by atoms with Gasteiger partial charge in [0.25, 0.3) is 10.2 Å². The quantitative estimate of drug-likeness (QED) is 0.599. The second kappa shape index (κ2) is 4.54. The highest BCUT2D eigenvalue weighted by atomic mass is 32.2. The highest BCUT2D eigenvalue weighted by Gasteiger charge is 2.17. The molecule has 90 valence electrons. The largest absolute Gasteiger partial charge is 0.477 e. The average molecular weight is 247 g/mol. The summed E-state index contributed by atoms with van der Waals surface area (Å²) in [5.74, 6) is -1.22. The van der Waals surface area contributed by atoms with Crippen molar-refractivity contribution in [3.05, 3.63) is 17.5 Å². The predicted molar refractivity (Wildman–Crippen MR) is 58.7 cm³/mol. The number of H-pyrrole nitrogens is 1. The molecule has 0 amide bonds. The summed E-state index contributed by atoms with van der Waals surface area (Å²) in [7, 11) is -3.71. The highest BCUT2D eigenvalue weighted by Crippen LogP contribution is 2.17. The van der Waals surface area contributed by atoms with Crippen LogP contribution >= 0.6 is 0 Å². The topological polar surface area (TPSA) is 111 Å². The maximum atomic E-state index is 11.4. The minimum Gasteiger partial charge on any atom is -0.477 e. The Kier molecular flexibility index (Phi) is 3.55. The lowest BCUT2D eigenvalue weighted by Crippen LogP contribution is -2.30. The van der Waals surface area contributed by atoms with E-state index in [0.717, 1.165) is 0 Å². The van der Waals surface area contributed by atoms with E-state index in [9.17, 15) is 13.2 Å². The van der Waals surface area contributed by atoms with Crippen molar-refractivity contribution in [2.24, 2.45) is 0 Å². The van der Waals surface area contributed by atoms with E-state index in [0.29, 0.717) is 5.69 Å². The molecule has 0 saturated carbocycles. The van der Waals surface area contributed by atoms with Crippen LogP contribution in [0.15, 0.2) is 6.07 Å². The van der Waals surface area contributed by atoms with Gasteiger partial charge in [0, 0.05) is 12.2 Å². The summed E-state index contributed by atoms with van der Waals surface area (Å²) in [6.07, 6.45) is 0. The number of aromatic nitrogens is 1. The van der Waals surface area contributed by atoms with Crippen LogP contribution in [0.5, 0.6) is 0 Å². The molecule has 0 saturated heterocycles. The molecule has 0 aliphatic heterocycles. The van der Waals surface area contributed by atoms with Crippen LogP contribution in [0.3, 0.4) is 0 Å². The van der Waals surface area contributed by atoms with Gasteiger partial charge in [0.1, 0.15) is 5.69 Å². The number of aromatic amines is 1. The lowest BCUT2D eigenvalue weighted by atomic mass is 10.4. The summed E-state index contributed by atoms with van der Waals surface area (Å²) in [4.78, 5) is 13.3. The van der Waals surface area contributed by atoms with Gasteiger partial charge in [0.05, 0.1) is 5.69 Å². The number of carboxylic acids is 1. The van der Waals surface area contributed by atoms with Crippen LogP contribution in [-0.4, -0.2) is 31.0 Å². The van der Waals surface area contributed by atoms with E-state index in [2.05, 4.69) is 14.4 Å². The first kappa shape index (κ1) is 12.5. The van der Waals surface area contributed by atoms with E-state index in [1.54, 1.807) is 13.8 Å².